The van der Waals surface area contributed by atoms with E-state index in [-0.39, 0.29) is 21.4 Å². The number of benzene rings is 1. The molecule has 0 unspecified atom stereocenters. The van der Waals surface area contributed by atoms with Crippen LogP contribution in [0.5, 0.6) is 0 Å². The van der Waals surface area contributed by atoms with E-state index in [1.165, 1.54) is 30.3 Å². The number of rotatable bonds is 5. The van der Waals surface area contributed by atoms with E-state index in [0.29, 0.717) is 5.56 Å². The molecule has 0 aliphatic heterocycles. The molecule has 114 valence electrons. The molecule has 0 spiro atoms. The molecule has 6 nitrogen and oxygen atoms in total. The van der Waals surface area contributed by atoms with Crippen molar-refractivity contribution in [3.63, 3.8) is 0 Å². The molecule has 1 aromatic carbocycles. The number of sulfone groups is 1. The lowest BCUT2D eigenvalue weighted by Crippen LogP contribution is -2.11. The van der Waals surface area contributed by atoms with E-state index in [1.807, 2.05) is 0 Å². The van der Waals surface area contributed by atoms with Crippen LogP contribution in [0, 0.1) is 0 Å². The highest BCUT2D eigenvalue weighted by Gasteiger charge is 2.17. The SMILES string of the molecule is CS(=O)(=O)c1ccc(NS(=O)(=O)c2cc(CO)cs2)cc1. The standard InChI is InChI=1S/C12H13NO5S3/c1-20(15,16)11-4-2-10(3-5-11)13-21(17,18)12-6-9(7-14)8-19-12/h2-6,8,13-14H,7H2,1H3. The first-order valence-electron chi connectivity index (χ1n) is 5.73. The van der Waals surface area contributed by atoms with E-state index in [2.05, 4.69) is 4.72 Å². The maximum absolute atomic E-state index is 12.1. The number of nitrogens with one attached hydrogen (secondary N) is 1. The van der Waals surface area contributed by atoms with Crippen molar-refractivity contribution in [2.45, 2.75) is 15.7 Å². The van der Waals surface area contributed by atoms with Crippen LogP contribution in [0.25, 0.3) is 0 Å². The molecule has 2 rings (SSSR count). The van der Waals surface area contributed by atoms with E-state index in [1.54, 1.807) is 5.38 Å². The molecule has 0 aliphatic rings. The van der Waals surface area contributed by atoms with Gasteiger partial charge in [0, 0.05) is 11.9 Å². The molecule has 0 aliphatic carbocycles. The van der Waals surface area contributed by atoms with E-state index >= 15 is 0 Å². The van der Waals surface area contributed by atoms with Crippen LogP contribution in [0.15, 0.2) is 44.8 Å². The van der Waals surface area contributed by atoms with Gasteiger partial charge in [0.1, 0.15) is 4.21 Å². The first-order chi connectivity index (χ1) is 9.72. The van der Waals surface area contributed by atoms with Crippen molar-refractivity contribution in [1.29, 1.82) is 0 Å². The second-order valence-electron chi connectivity index (χ2n) is 4.33. The lowest BCUT2D eigenvalue weighted by Gasteiger charge is -2.06. The Hall–Kier alpha value is -1.42. The maximum Gasteiger partial charge on any atom is 0.271 e. The van der Waals surface area contributed by atoms with Crippen molar-refractivity contribution < 1.29 is 21.9 Å². The largest absolute Gasteiger partial charge is 0.392 e. The first-order valence-corrected chi connectivity index (χ1v) is 9.99. The van der Waals surface area contributed by atoms with E-state index < -0.39 is 19.9 Å². The summed E-state index contributed by atoms with van der Waals surface area (Å²) in [4.78, 5) is 0.115. The lowest BCUT2D eigenvalue weighted by atomic mass is 10.3. The maximum atomic E-state index is 12.1. The molecule has 0 fully saturated rings. The Kier molecular flexibility index (Phi) is 4.38. The Labute approximate surface area is 127 Å². The highest BCUT2D eigenvalue weighted by atomic mass is 32.2. The fourth-order valence-electron chi connectivity index (χ4n) is 1.55. The number of thiophene rings is 1. The van der Waals surface area contributed by atoms with Gasteiger partial charge in [0.25, 0.3) is 10.0 Å². The van der Waals surface area contributed by atoms with Crippen LogP contribution < -0.4 is 4.72 Å². The van der Waals surface area contributed by atoms with Crippen molar-refractivity contribution in [3.05, 3.63) is 41.3 Å². The summed E-state index contributed by atoms with van der Waals surface area (Å²) in [6.45, 7) is -0.227. The third-order valence-electron chi connectivity index (χ3n) is 2.61. The Bertz CT molecular complexity index is 835. The minimum Gasteiger partial charge on any atom is -0.392 e. The van der Waals surface area contributed by atoms with Crippen molar-refractivity contribution in [2.24, 2.45) is 0 Å². The molecule has 0 atom stereocenters. The van der Waals surface area contributed by atoms with Gasteiger partial charge in [0.2, 0.25) is 0 Å². The Morgan fingerprint density at radius 1 is 1.14 bits per heavy atom. The third-order valence-corrected chi connectivity index (χ3v) is 6.61. The highest BCUT2D eigenvalue weighted by Crippen LogP contribution is 2.23. The molecule has 1 aromatic heterocycles. The van der Waals surface area contributed by atoms with Gasteiger partial charge in [0.05, 0.1) is 11.5 Å². The fraction of sp³-hybridized carbons (Fsp3) is 0.167. The summed E-state index contributed by atoms with van der Waals surface area (Å²) in [5.74, 6) is 0. The van der Waals surface area contributed by atoms with Gasteiger partial charge in [-0.25, -0.2) is 16.8 Å². The molecule has 0 saturated heterocycles. The van der Waals surface area contributed by atoms with Crippen molar-refractivity contribution in [3.8, 4) is 0 Å². The summed E-state index contributed by atoms with van der Waals surface area (Å²) in [6, 6.07) is 6.82. The van der Waals surface area contributed by atoms with Crippen molar-refractivity contribution in [1.82, 2.24) is 0 Å². The molecule has 0 saturated carbocycles. The molecule has 1 heterocycles. The van der Waals surface area contributed by atoms with Crippen molar-refractivity contribution in [2.75, 3.05) is 11.0 Å². The predicted molar refractivity (Wildman–Crippen MR) is 80.6 cm³/mol. The first kappa shape index (κ1) is 16.0. The molecular formula is C12H13NO5S3. The second-order valence-corrected chi connectivity index (χ2v) is 9.17. The average molecular weight is 347 g/mol. The molecule has 2 aromatic rings. The molecule has 0 amide bonds. The lowest BCUT2D eigenvalue weighted by molar-refractivity contribution is 0.282. The van der Waals surface area contributed by atoms with Crippen LogP contribution in [0.1, 0.15) is 5.56 Å². The van der Waals surface area contributed by atoms with Crippen LogP contribution in [0.3, 0.4) is 0 Å². The summed E-state index contributed by atoms with van der Waals surface area (Å²) in [7, 11) is -7.06. The minimum absolute atomic E-state index is 0.0822. The molecule has 21 heavy (non-hydrogen) atoms. The molecule has 0 bridgehead atoms. The van der Waals surface area contributed by atoms with E-state index in [0.717, 1.165) is 17.6 Å². The molecular weight excluding hydrogens is 334 g/mol. The summed E-state index contributed by atoms with van der Waals surface area (Å²) >= 11 is 1.00. The predicted octanol–water partition coefficient (Wildman–Crippen LogP) is 1.44. The second kappa shape index (κ2) is 5.76. The van der Waals surface area contributed by atoms with Gasteiger partial charge in [-0.05, 0) is 41.3 Å². The molecule has 0 radical (unpaired) electrons. The number of anilines is 1. The van der Waals surface area contributed by atoms with Gasteiger partial charge in [-0.2, -0.15) is 0 Å². The highest BCUT2D eigenvalue weighted by molar-refractivity contribution is 7.94. The van der Waals surface area contributed by atoms with E-state index in [4.69, 9.17) is 5.11 Å². The fourth-order valence-corrected chi connectivity index (χ4v) is 4.44. The zero-order valence-electron chi connectivity index (χ0n) is 11.0. The van der Waals surface area contributed by atoms with E-state index in [9.17, 15) is 16.8 Å². The number of hydrogen-bond acceptors (Lipinski definition) is 6. The zero-order chi connectivity index (χ0) is 15.7. The normalized spacial score (nSPS) is 12.3. The zero-order valence-corrected chi connectivity index (χ0v) is 13.4. The Morgan fingerprint density at radius 3 is 2.24 bits per heavy atom. The summed E-state index contributed by atoms with van der Waals surface area (Å²) in [6.07, 6.45) is 1.08. The van der Waals surface area contributed by atoms with Crippen LogP contribution in [0.4, 0.5) is 5.69 Å². The number of aliphatic hydroxyl groups excluding tert-OH is 1. The summed E-state index contributed by atoms with van der Waals surface area (Å²) in [5.41, 5.74) is 0.786. The van der Waals surface area contributed by atoms with Crippen LogP contribution >= 0.6 is 11.3 Å². The minimum atomic E-state index is -3.74. The van der Waals surface area contributed by atoms with Crippen LogP contribution in [0.2, 0.25) is 0 Å². The van der Waals surface area contributed by atoms with Crippen LogP contribution in [-0.4, -0.2) is 28.2 Å². The number of aliphatic hydroxyl groups is 1. The molecule has 9 heteroatoms. The quantitative estimate of drug-likeness (QED) is 0.852. The number of sulfonamides is 1. The molecule has 2 N–H and O–H groups in total. The smallest absolute Gasteiger partial charge is 0.271 e. The summed E-state index contributed by atoms with van der Waals surface area (Å²) < 4.78 is 49.3. The average Bonchev–Trinajstić information content (AvgIpc) is 2.87. The Morgan fingerprint density at radius 2 is 1.76 bits per heavy atom. The van der Waals surface area contributed by atoms with Crippen LogP contribution in [-0.2, 0) is 26.5 Å². The third kappa shape index (κ3) is 3.82. The van der Waals surface area contributed by atoms with Gasteiger partial charge in [0.15, 0.2) is 9.84 Å². The van der Waals surface area contributed by atoms with Gasteiger partial charge < -0.3 is 5.11 Å². The number of hydrogen-bond donors (Lipinski definition) is 2. The topological polar surface area (TPSA) is 101 Å². The van der Waals surface area contributed by atoms with Crippen molar-refractivity contribution >= 4 is 36.9 Å². The van der Waals surface area contributed by atoms with Gasteiger partial charge >= 0.3 is 0 Å². The van der Waals surface area contributed by atoms with Gasteiger partial charge in [-0.3, -0.25) is 4.72 Å². The monoisotopic (exact) mass is 347 g/mol. The Balaban J connectivity index is 2.24. The van der Waals surface area contributed by atoms with Gasteiger partial charge in [-0.1, -0.05) is 0 Å². The summed E-state index contributed by atoms with van der Waals surface area (Å²) in [5, 5.41) is 10.5. The van der Waals surface area contributed by atoms with Gasteiger partial charge in [-0.15, -0.1) is 11.3 Å².